The van der Waals surface area contributed by atoms with Crippen LogP contribution in [-0.4, -0.2) is 31.0 Å². The van der Waals surface area contributed by atoms with E-state index in [0.717, 1.165) is 11.3 Å². The lowest BCUT2D eigenvalue weighted by Crippen LogP contribution is -2.46. The molecular formula is C18H17N3O5S. The molecule has 0 saturated carbocycles. The van der Waals surface area contributed by atoms with Crippen molar-refractivity contribution in [3.05, 3.63) is 47.5 Å². The SMILES string of the molecule is O=C(NNC(=S)NCc1ccc2c(c1)OCO2)c1ccc2c(c1)OCCO2. The van der Waals surface area contributed by atoms with Gasteiger partial charge in [0.05, 0.1) is 0 Å². The van der Waals surface area contributed by atoms with E-state index in [0.29, 0.717) is 47.7 Å². The third-order valence-corrected chi connectivity index (χ3v) is 4.23. The van der Waals surface area contributed by atoms with Gasteiger partial charge in [0.15, 0.2) is 28.1 Å². The molecule has 0 fully saturated rings. The zero-order valence-electron chi connectivity index (χ0n) is 14.2. The van der Waals surface area contributed by atoms with Gasteiger partial charge in [0.1, 0.15) is 13.2 Å². The number of hydrazine groups is 1. The molecule has 4 rings (SSSR count). The van der Waals surface area contributed by atoms with E-state index < -0.39 is 0 Å². The molecule has 0 spiro atoms. The molecule has 1 amide bonds. The van der Waals surface area contributed by atoms with Gasteiger partial charge in [-0.05, 0) is 48.1 Å². The molecule has 8 nitrogen and oxygen atoms in total. The third kappa shape index (κ3) is 3.98. The topological polar surface area (TPSA) is 90.1 Å². The number of carbonyl (C=O) groups excluding carboxylic acids is 1. The summed E-state index contributed by atoms with van der Waals surface area (Å²) >= 11 is 5.18. The van der Waals surface area contributed by atoms with Crippen molar-refractivity contribution in [1.82, 2.24) is 16.2 Å². The van der Waals surface area contributed by atoms with Gasteiger partial charge < -0.3 is 24.3 Å². The molecule has 0 atom stereocenters. The van der Waals surface area contributed by atoms with E-state index in [4.69, 9.17) is 31.2 Å². The van der Waals surface area contributed by atoms with E-state index in [1.54, 1.807) is 18.2 Å². The minimum Gasteiger partial charge on any atom is -0.486 e. The van der Waals surface area contributed by atoms with Gasteiger partial charge in [-0.3, -0.25) is 15.6 Å². The molecule has 0 aliphatic carbocycles. The van der Waals surface area contributed by atoms with Crippen molar-refractivity contribution in [3.63, 3.8) is 0 Å². The first kappa shape index (κ1) is 17.2. The molecule has 2 aromatic rings. The van der Waals surface area contributed by atoms with Crippen molar-refractivity contribution in [1.29, 1.82) is 0 Å². The maximum absolute atomic E-state index is 12.2. The minimum atomic E-state index is -0.334. The van der Waals surface area contributed by atoms with Gasteiger partial charge in [-0.15, -0.1) is 0 Å². The van der Waals surface area contributed by atoms with Gasteiger partial charge in [0.25, 0.3) is 5.91 Å². The Morgan fingerprint density at radius 2 is 1.59 bits per heavy atom. The number of thiocarbonyl (C=S) groups is 1. The Morgan fingerprint density at radius 1 is 0.889 bits per heavy atom. The molecule has 0 radical (unpaired) electrons. The number of hydrogen-bond acceptors (Lipinski definition) is 6. The number of amides is 1. The fourth-order valence-corrected chi connectivity index (χ4v) is 2.77. The van der Waals surface area contributed by atoms with Crippen LogP contribution in [0.5, 0.6) is 23.0 Å². The summed E-state index contributed by atoms with van der Waals surface area (Å²) in [6.07, 6.45) is 0. The average molecular weight is 387 g/mol. The van der Waals surface area contributed by atoms with Gasteiger partial charge in [-0.1, -0.05) is 6.07 Å². The molecular weight excluding hydrogens is 370 g/mol. The Bertz CT molecular complexity index is 889. The molecule has 2 aliphatic heterocycles. The number of carbonyl (C=O) groups is 1. The molecule has 2 aromatic carbocycles. The van der Waals surface area contributed by atoms with Gasteiger partial charge in [-0.25, -0.2) is 0 Å². The predicted molar refractivity (Wildman–Crippen MR) is 100 cm³/mol. The molecule has 140 valence electrons. The van der Waals surface area contributed by atoms with E-state index in [9.17, 15) is 4.79 Å². The van der Waals surface area contributed by atoms with E-state index in [2.05, 4.69) is 16.2 Å². The van der Waals surface area contributed by atoms with Crippen molar-refractivity contribution in [3.8, 4) is 23.0 Å². The lowest BCUT2D eigenvalue weighted by atomic mass is 10.2. The molecule has 0 saturated heterocycles. The summed E-state index contributed by atoms with van der Waals surface area (Å²) in [5.41, 5.74) is 6.64. The van der Waals surface area contributed by atoms with Gasteiger partial charge in [0, 0.05) is 12.1 Å². The highest BCUT2D eigenvalue weighted by atomic mass is 32.1. The summed E-state index contributed by atoms with van der Waals surface area (Å²) in [5.74, 6) is 2.29. The summed E-state index contributed by atoms with van der Waals surface area (Å²) < 4.78 is 21.5. The van der Waals surface area contributed by atoms with Crippen molar-refractivity contribution >= 4 is 23.2 Å². The van der Waals surface area contributed by atoms with Crippen molar-refractivity contribution in [2.45, 2.75) is 6.54 Å². The fourth-order valence-electron chi connectivity index (χ4n) is 2.65. The second-order valence-electron chi connectivity index (χ2n) is 5.81. The summed E-state index contributed by atoms with van der Waals surface area (Å²) in [5, 5.41) is 3.30. The highest BCUT2D eigenvalue weighted by Gasteiger charge is 2.15. The normalized spacial score (nSPS) is 13.6. The highest BCUT2D eigenvalue weighted by Crippen LogP contribution is 2.32. The first-order valence-electron chi connectivity index (χ1n) is 8.31. The Morgan fingerprint density at radius 3 is 2.48 bits per heavy atom. The van der Waals surface area contributed by atoms with Crippen molar-refractivity contribution < 1.29 is 23.7 Å². The summed E-state index contributed by atoms with van der Waals surface area (Å²) in [6.45, 7) is 1.67. The maximum Gasteiger partial charge on any atom is 0.269 e. The van der Waals surface area contributed by atoms with Crippen LogP contribution in [0.4, 0.5) is 0 Å². The predicted octanol–water partition coefficient (Wildman–Crippen LogP) is 1.50. The third-order valence-electron chi connectivity index (χ3n) is 3.98. The molecule has 9 heteroatoms. The van der Waals surface area contributed by atoms with Crippen LogP contribution in [0, 0.1) is 0 Å². The van der Waals surface area contributed by atoms with Crippen LogP contribution < -0.4 is 35.1 Å². The van der Waals surface area contributed by atoms with Gasteiger partial charge in [-0.2, -0.15) is 0 Å². The van der Waals surface area contributed by atoms with E-state index in [-0.39, 0.29) is 12.7 Å². The number of benzene rings is 2. The van der Waals surface area contributed by atoms with Crippen LogP contribution in [0.15, 0.2) is 36.4 Å². The first-order valence-corrected chi connectivity index (χ1v) is 8.72. The van der Waals surface area contributed by atoms with Crippen molar-refractivity contribution in [2.75, 3.05) is 20.0 Å². The van der Waals surface area contributed by atoms with Crippen LogP contribution in [0.2, 0.25) is 0 Å². The Kier molecular flexibility index (Phi) is 4.84. The van der Waals surface area contributed by atoms with Crippen molar-refractivity contribution in [2.24, 2.45) is 0 Å². The average Bonchev–Trinajstić information content (AvgIpc) is 3.18. The Hall–Kier alpha value is -3.20. The van der Waals surface area contributed by atoms with Crippen LogP contribution in [0.25, 0.3) is 0 Å². The zero-order chi connectivity index (χ0) is 18.6. The number of fused-ring (bicyclic) bond motifs is 2. The number of nitrogens with one attached hydrogen (secondary N) is 3. The number of ether oxygens (including phenoxy) is 4. The highest BCUT2D eigenvalue weighted by molar-refractivity contribution is 7.80. The molecule has 0 unspecified atom stereocenters. The van der Waals surface area contributed by atoms with Gasteiger partial charge >= 0.3 is 0 Å². The van der Waals surface area contributed by atoms with Crippen LogP contribution >= 0.6 is 12.2 Å². The second-order valence-corrected chi connectivity index (χ2v) is 6.22. The maximum atomic E-state index is 12.2. The van der Waals surface area contributed by atoms with Gasteiger partial charge in [0.2, 0.25) is 6.79 Å². The minimum absolute atomic E-state index is 0.234. The number of hydrogen-bond donors (Lipinski definition) is 3. The number of rotatable bonds is 3. The van der Waals surface area contributed by atoms with E-state index in [1.165, 1.54) is 0 Å². The Labute approximate surface area is 160 Å². The standard InChI is InChI=1S/C18H17N3O5S/c22-17(12-2-4-13-16(8-12)24-6-5-23-13)20-21-18(27)19-9-11-1-3-14-15(7-11)26-10-25-14/h1-4,7-8H,5-6,9-10H2,(H,20,22)(H2,19,21,27). The Balaban J connectivity index is 1.27. The van der Waals surface area contributed by atoms with Crippen LogP contribution in [0.3, 0.4) is 0 Å². The molecule has 2 heterocycles. The quantitative estimate of drug-likeness (QED) is 0.539. The molecule has 3 N–H and O–H groups in total. The zero-order valence-corrected chi connectivity index (χ0v) is 15.1. The fraction of sp³-hybridized carbons (Fsp3) is 0.222. The summed E-state index contributed by atoms with van der Waals surface area (Å²) in [6, 6.07) is 10.6. The lowest BCUT2D eigenvalue weighted by molar-refractivity contribution is 0.0942. The summed E-state index contributed by atoms with van der Waals surface area (Å²) in [7, 11) is 0. The van der Waals surface area contributed by atoms with Crippen LogP contribution in [0.1, 0.15) is 15.9 Å². The summed E-state index contributed by atoms with van der Waals surface area (Å²) in [4.78, 5) is 12.2. The smallest absolute Gasteiger partial charge is 0.269 e. The first-order chi connectivity index (χ1) is 13.2. The molecule has 0 bridgehead atoms. The molecule has 27 heavy (non-hydrogen) atoms. The van der Waals surface area contributed by atoms with E-state index >= 15 is 0 Å². The second kappa shape index (κ2) is 7.58. The largest absolute Gasteiger partial charge is 0.486 e. The van der Waals surface area contributed by atoms with E-state index in [1.807, 2.05) is 18.2 Å². The monoisotopic (exact) mass is 387 g/mol. The molecule has 0 aromatic heterocycles. The lowest BCUT2D eigenvalue weighted by Gasteiger charge is -2.19. The van der Waals surface area contributed by atoms with Crippen LogP contribution in [-0.2, 0) is 6.54 Å². The molecule has 2 aliphatic rings.